The van der Waals surface area contributed by atoms with E-state index in [1.165, 1.54) is 7.11 Å². The summed E-state index contributed by atoms with van der Waals surface area (Å²) in [5.74, 6) is 0.556. The molecule has 1 heterocycles. The number of hydrogen-bond donors (Lipinski definition) is 0. The van der Waals surface area contributed by atoms with Gasteiger partial charge in [-0.1, -0.05) is 41.9 Å². The standard InChI is InChI=1S/C25H16ClIN2O4S/c1-32-21-11-15(10-19(27)23(21)33-14-17-7-3-2-6-16(17)13-28)12-22-24(30)29(25(31)34-22)20-9-5-4-8-18(20)26/h2-12H,14H2,1H3/b22-12-. The number of halogens is 2. The van der Waals surface area contributed by atoms with Crippen molar-refractivity contribution in [1.29, 1.82) is 5.26 Å². The Bertz CT molecular complexity index is 1370. The van der Waals surface area contributed by atoms with Gasteiger partial charge in [-0.25, -0.2) is 4.90 Å². The fourth-order valence-corrected chi connectivity index (χ4v) is 5.16. The predicted octanol–water partition coefficient (Wildman–Crippen LogP) is 6.64. The first kappa shape index (κ1) is 24.1. The first-order valence-electron chi connectivity index (χ1n) is 9.93. The molecule has 0 bridgehead atoms. The maximum Gasteiger partial charge on any atom is 0.298 e. The van der Waals surface area contributed by atoms with E-state index in [1.807, 2.05) is 18.2 Å². The van der Waals surface area contributed by atoms with Crippen LogP contribution < -0.4 is 14.4 Å². The Morgan fingerprint density at radius 3 is 2.62 bits per heavy atom. The lowest BCUT2D eigenvalue weighted by Crippen LogP contribution is -2.27. The normalized spacial score (nSPS) is 14.4. The average Bonchev–Trinajstić information content (AvgIpc) is 3.11. The number of imide groups is 1. The summed E-state index contributed by atoms with van der Waals surface area (Å²) in [7, 11) is 1.52. The van der Waals surface area contributed by atoms with E-state index in [0.717, 1.165) is 25.8 Å². The zero-order valence-corrected chi connectivity index (χ0v) is 21.5. The first-order chi connectivity index (χ1) is 16.4. The average molecular weight is 603 g/mol. The second kappa shape index (κ2) is 10.5. The molecule has 0 unspecified atom stereocenters. The van der Waals surface area contributed by atoms with Crippen LogP contribution in [0.2, 0.25) is 5.02 Å². The van der Waals surface area contributed by atoms with Gasteiger partial charge >= 0.3 is 0 Å². The largest absolute Gasteiger partial charge is 0.493 e. The van der Waals surface area contributed by atoms with E-state index >= 15 is 0 Å². The van der Waals surface area contributed by atoms with E-state index in [4.69, 9.17) is 21.1 Å². The number of benzene rings is 3. The number of anilines is 1. The fourth-order valence-electron chi connectivity index (χ4n) is 3.33. The van der Waals surface area contributed by atoms with Crippen LogP contribution >= 0.6 is 46.0 Å². The van der Waals surface area contributed by atoms with Crippen molar-refractivity contribution in [3.05, 3.63) is 90.9 Å². The Morgan fingerprint density at radius 2 is 1.88 bits per heavy atom. The lowest BCUT2D eigenvalue weighted by molar-refractivity contribution is -0.113. The number of para-hydroxylation sites is 1. The van der Waals surface area contributed by atoms with E-state index in [0.29, 0.717) is 33.3 Å². The van der Waals surface area contributed by atoms with Crippen LogP contribution in [0.4, 0.5) is 10.5 Å². The molecule has 170 valence electrons. The van der Waals surface area contributed by atoms with E-state index in [-0.39, 0.29) is 11.5 Å². The molecule has 0 radical (unpaired) electrons. The Balaban J connectivity index is 1.60. The summed E-state index contributed by atoms with van der Waals surface area (Å²) >= 11 is 9.16. The predicted molar refractivity (Wildman–Crippen MR) is 141 cm³/mol. The minimum atomic E-state index is -0.439. The highest BCUT2D eigenvalue weighted by Crippen LogP contribution is 2.40. The third-order valence-electron chi connectivity index (χ3n) is 4.95. The van der Waals surface area contributed by atoms with Crippen LogP contribution in [0.1, 0.15) is 16.7 Å². The second-order valence-electron chi connectivity index (χ2n) is 7.06. The Labute approximate surface area is 219 Å². The van der Waals surface area contributed by atoms with Crippen LogP contribution in [0.5, 0.6) is 11.5 Å². The smallest absolute Gasteiger partial charge is 0.298 e. The van der Waals surface area contributed by atoms with E-state index in [2.05, 4.69) is 28.7 Å². The van der Waals surface area contributed by atoms with Gasteiger partial charge in [0.25, 0.3) is 11.1 Å². The molecule has 0 aliphatic carbocycles. The van der Waals surface area contributed by atoms with Gasteiger partial charge in [0.1, 0.15) is 6.61 Å². The molecule has 1 saturated heterocycles. The number of methoxy groups -OCH3 is 1. The summed E-state index contributed by atoms with van der Waals surface area (Å²) in [6.07, 6.45) is 1.64. The van der Waals surface area contributed by atoms with Crippen LogP contribution in [0.15, 0.2) is 65.6 Å². The minimum Gasteiger partial charge on any atom is -0.493 e. The third kappa shape index (κ3) is 4.92. The summed E-state index contributed by atoms with van der Waals surface area (Å²) in [5.41, 5.74) is 2.34. The molecule has 4 rings (SSSR count). The Morgan fingerprint density at radius 1 is 1.15 bits per heavy atom. The van der Waals surface area contributed by atoms with Crippen molar-refractivity contribution in [1.82, 2.24) is 0 Å². The molecule has 9 heteroatoms. The van der Waals surface area contributed by atoms with Crippen LogP contribution in [0.25, 0.3) is 6.08 Å². The van der Waals surface area contributed by atoms with Crippen molar-refractivity contribution in [3.63, 3.8) is 0 Å². The number of thioether (sulfide) groups is 1. The van der Waals surface area contributed by atoms with E-state index in [9.17, 15) is 14.9 Å². The van der Waals surface area contributed by atoms with Gasteiger partial charge in [0.2, 0.25) is 0 Å². The summed E-state index contributed by atoms with van der Waals surface area (Å²) in [4.78, 5) is 26.9. The molecule has 0 spiro atoms. The van der Waals surface area contributed by atoms with Crippen molar-refractivity contribution in [3.8, 4) is 17.6 Å². The third-order valence-corrected chi connectivity index (χ3v) is 6.94. The summed E-state index contributed by atoms with van der Waals surface area (Å²) in [6.45, 7) is 0.201. The molecule has 0 aromatic heterocycles. The number of carbonyl (C=O) groups excluding carboxylic acids is 2. The van der Waals surface area contributed by atoms with Crippen molar-refractivity contribution >= 4 is 68.9 Å². The summed E-state index contributed by atoms with van der Waals surface area (Å²) in [6, 6.07) is 19.6. The van der Waals surface area contributed by atoms with Gasteiger partial charge in [-0.2, -0.15) is 5.26 Å². The van der Waals surface area contributed by atoms with Crippen LogP contribution in [-0.2, 0) is 11.4 Å². The number of rotatable bonds is 6. The van der Waals surface area contributed by atoms with Gasteiger partial charge in [0, 0.05) is 5.56 Å². The molecule has 0 atom stereocenters. The first-order valence-corrected chi connectivity index (χ1v) is 12.2. The number of amides is 2. The molecule has 1 aliphatic rings. The topological polar surface area (TPSA) is 79.6 Å². The van der Waals surface area contributed by atoms with Gasteiger partial charge in [-0.15, -0.1) is 0 Å². The van der Waals surface area contributed by atoms with Gasteiger partial charge < -0.3 is 9.47 Å². The highest BCUT2D eigenvalue weighted by Gasteiger charge is 2.37. The zero-order chi connectivity index (χ0) is 24.2. The van der Waals surface area contributed by atoms with Crippen molar-refractivity contribution < 1.29 is 19.1 Å². The quantitative estimate of drug-likeness (QED) is 0.232. The zero-order valence-electron chi connectivity index (χ0n) is 17.7. The number of hydrogen-bond acceptors (Lipinski definition) is 6. The summed E-state index contributed by atoms with van der Waals surface area (Å²) in [5, 5.41) is 9.19. The molecule has 1 aliphatic heterocycles. The molecule has 1 fully saturated rings. The van der Waals surface area contributed by atoms with Gasteiger partial charge in [0.05, 0.1) is 37.9 Å². The Hall–Kier alpha value is -3.00. The lowest BCUT2D eigenvalue weighted by Gasteiger charge is -2.15. The molecule has 2 amide bonds. The molecule has 6 nitrogen and oxygen atoms in total. The summed E-state index contributed by atoms with van der Waals surface area (Å²) < 4.78 is 12.3. The highest BCUT2D eigenvalue weighted by molar-refractivity contribution is 14.1. The molecule has 34 heavy (non-hydrogen) atoms. The van der Waals surface area contributed by atoms with Gasteiger partial charge in [-0.3, -0.25) is 9.59 Å². The number of ether oxygens (including phenoxy) is 2. The van der Waals surface area contributed by atoms with Crippen molar-refractivity contribution in [2.75, 3.05) is 12.0 Å². The Kier molecular flexibility index (Phi) is 7.46. The second-order valence-corrected chi connectivity index (χ2v) is 9.62. The minimum absolute atomic E-state index is 0.201. The van der Waals surface area contributed by atoms with Crippen molar-refractivity contribution in [2.24, 2.45) is 0 Å². The fraction of sp³-hybridized carbons (Fsp3) is 0.0800. The highest BCUT2D eigenvalue weighted by atomic mass is 127. The van der Waals surface area contributed by atoms with Crippen LogP contribution in [-0.4, -0.2) is 18.3 Å². The van der Waals surface area contributed by atoms with Gasteiger partial charge in [0.15, 0.2) is 11.5 Å². The molecule has 3 aromatic carbocycles. The molecule has 0 saturated carbocycles. The number of nitrogens with zero attached hydrogens (tertiary/aromatic N) is 2. The maximum atomic E-state index is 13.0. The molecule has 3 aromatic rings. The SMILES string of the molecule is COc1cc(/C=C2\SC(=O)N(c3ccccc3Cl)C2=O)cc(I)c1OCc1ccccc1C#N. The number of nitriles is 1. The lowest BCUT2D eigenvalue weighted by atomic mass is 10.1. The van der Waals surface area contributed by atoms with Gasteiger partial charge in [-0.05, 0) is 76.3 Å². The number of carbonyl (C=O) groups is 2. The molecule has 0 N–H and O–H groups in total. The molecular weight excluding hydrogens is 587 g/mol. The maximum absolute atomic E-state index is 13.0. The van der Waals surface area contributed by atoms with Crippen LogP contribution in [0, 0.1) is 14.9 Å². The monoisotopic (exact) mass is 602 g/mol. The molecular formula is C25H16ClIN2O4S. The van der Waals surface area contributed by atoms with E-state index < -0.39 is 11.1 Å². The van der Waals surface area contributed by atoms with Crippen molar-refractivity contribution in [2.45, 2.75) is 6.61 Å². The van der Waals surface area contributed by atoms with Crippen LogP contribution in [0.3, 0.4) is 0 Å². The van der Waals surface area contributed by atoms with E-state index in [1.54, 1.807) is 48.5 Å².